The van der Waals surface area contributed by atoms with Crippen LogP contribution < -0.4 is 32.6 Å². The zero-order chi connectivity index (χ0) is 46.0. The van der Waals surface area contributed by atoms with E-state index in [0.717, 1.165) is 0 Å². The van der Waals surface area contributed by atoms with Gasteiger partial charge < -0.3 is 31.2 Å². The zero-order valence-electron chi connectivity index (χ0n) is 35.3. The summed E-state index contributed by atoms with van der Waals surface area (Å²) < 4.78 is 57.7. The van der Waals surface area contributed by atoms with Crippen molar-refractivity contribution in [1.29, 1.82) is 0 Å². The Hall–Kier alpha value is -7.34. The molecular weight excluding hydrogens is 844 g/mol. The lowest BCUT2D eigenvalue weighted by atomic mass is 10.1. The molecule has 5 aromatic heterocycles. The highest BCUT2D eigenvalue weighted by molar-refractivity contribution is 6.07. The summed E-state index contributed by atoms with van der Waals surface area (Å²) in [5, 5.41) is 14.3. The van der Waals surface area contributed by atoms with E-state index in [1.54, 1.807) is 46.1 Å². The molecule has 6 aromatic rings. The van der Waals surface area contributed by atoms with Gasteiger partial charge in [-0.1, -0.05) is 12.2 Å². The monoisotopic (exact) mass is 889 g/mol. The Morgan fingerprint density at radius 3 is 2.23 bits per heavy atom. The largest absolute Gasteiger partial charge is 0.490 e. The van der Waals surface area contributed by atoms with Crippen LogP contribution in [0.25, 0.3) is 22.2 Å². The number of alkyl halides is 3. The molecule has 0 radical (unpaired) electrons. The minimum absolute atomic E-state index is 0.0280. The van der Waals surface area contributed by atoms with Crippen molar-refractivity contribution in [2.75, 3.05) is 49.2 Å². The molecule has 1 aliphatic rings. The van der Waals surface area contributed by atoms with E-state index < -0.39 is 35.9 Å². The molecule has 0 spiro atoms. The van der Waals surface area contributed by atoms with E-state index in [2.05, 4.69) is 35.8 Å². The number of nitrogens with zero attached hydrogens (tertiary/aromatic N) is 10. The highest BCUT2D eigenvalue weighted by Gasteiger charge is 2.43. The molecule has 1 saturated heterocycles. The molecule has 8 N–H and O–H groups in total. The highest BCUT2D eigenvalue weighted by Crippen LogP contribution is 2.32. The molecule has 1 aliphatic heterocycles. The number of nitrogen functional groups attached to an aromatic ring is 1. The van der Waals surface area contributed by atoms with E-state index in [9.17, 15) is 32.3 Å². The summed E-state index contributed by atoms with van der Waals surface area (Å²) in [6.07, 6.45) is -1.72. The van der Waals surface area contributed by atoms with Crippen LogP contribution in [0, 0.1) is 13.8 Å². The smallest absolute Gasteiger partial charge is 0.415 e. The number of primary amides is 2. The molecular formula is C40H46F3N15O6. The lowest BCUT2D eigenvalue weighted by Crippen LogP contribution is -2.50. The zero-order valence-corrected chi connectivity index (χ0v) is 35.3. The number of pyridine rings is 1. The maximum atomic E-state index is 13.8. The number of hydrogen-bond acceptors (Lipinski definition) is 13. The number of hydrogen-bond donors (Lipinski definition) is 5. The molecule has 1 unspecified atom stereocenters. The first-order valence-corrected chi connectivity index (χ1v) is 20.2. The van der Waals surface area contributed by atoms with Crippen molar-refractivity contribution in [2.45, 2.75) is 66.2 Å². The second kappa shape index (κ2) is 18.2. The van der Waals surface area contributed by atoms with Crippen LogP contribution in [0.2, 0.25) is 0 Å². The lowest BCUT2D eigenvalue weighted by molar-refractivity contribution is -0.237. The van der Waals surface area contributed by atoms with Gasteiger partial charge in [0.2, 0.25) is 23.7 Å². The van der Waals surface area contributed by atoms with Crippen molar-refractivity contribution >= 4 is 63.4 Å². The third kappa shape index (κ3) is 9.22. The van der Waals surface area contributed by atoms with E-state index in [4.69, 9.17) is 26.7 Å². The standard InChI is InChI=1S/C40H46F3N15O6/c1-5-57-27(15-21(3)52-57)36(61)50-38-48-25-16-23(33(45)59)18-28(63-13-11-54-12-14-64-29(20-54)40(41,42)43)31(25)55(38)9-7-8-10-56-35-26(17-24(19-47-35)34(46)60)49-39(56)51-37(62)32-30(44)22(4)53-58(32)6-2/h7-8,15-19,29H,5-6,9-14,20,44H2,1-4H3,(H2,45,59)(H2,46,60)(H,48,50,61)(H,49,51,62)/b8-7+. The lowest BCUT2D eigenvalue weighted by Gasteiger charge is -2.33. The molecule has 21 nitrogen and oxygen atoms in total. The average Bonchev–Trinajstić information content (AvgIpc) is 3.99. The predicted molar refractivity (Wildman–Crippen MR) is 227 cm³/mol. The molecule has 1 aromatic carbocycles. The van der Waals surface area contributed by atoms with Crippen LogP contribution in [-0.2, 0) is 30.9 Å². The summed E-state index contributed by atoms with van der Waals surface area (Å²) in [4.78, 5) is 67.2. The number of benzene rings is 1. The van der Waals surface area contributed by atoms with Crippen LogP contribution in [0.3, 0.4) is 0 Å². The van der Waals surface area contributed by atoms with Gasteiger partial charge in [-0.3, -0.25) is 48.6 Å². The van der Waals surface area contributed by atoms with Crippen molar-refractivity contribution in [3.05, 3.63) is 76.5 Å². The number of allylic oxidation sites excluding steroid dienone is 2. The average molecular weight is 890 g/mol. The van der Waals surface area contributed by atoms with Crippen molar-refractivity contribution in [2.24, 2.45) is 11.5 Å². The third-order valence-electron chi connectivity index (χ3n) is 10.5. The Kier molecular flexibility index (Phi) is 12.7. The number of anilines is 3. The normalized spacial score (nSPS) is 14.8. The molecule has 0 saturated carbocycles. The fourth-order valence-electron chi connectivity index (χ4n) is 7.28. The maximum Gasteiger partial charge on any atom is 0.415 e. The summed E-state index contributed by atoms with van der Waals surface area (Å²) in [6.45, 7) is 7.70. The first-order chi connectivity index (χ1) is 30.5. The number of amides is 4. The number of aromatic nitrogens is 9. The molecule has 0 aliphatic carbocycles. The number of nitrogens with one attached hydrogen (secondary N) is 2. The fraction of sp³-hybridized carbons (Fsp3) is 0.375. The van der Waals surface area contributed by atoms with Crippen LogP contribution in [0.1, 0.15) is 66.9 Å². The van der Waals surface area contributed by atoms with Crippen LogP contribution in [0.5, 0.6) is 5.75 Å². The van der Waals surface area contributed by atoms with Crippen LogP contribution in [0.15, 0.2) is 42.6 Å². The number of rotatable bonds is 16. The minimum atomic E-state index is -4.53. The van der Waals surface area contributed by atoms with Crippen LogP contribution >= 0.6 is 0 Å². The molecule has 338 valence electrons. The van der Waals surface area contributed by atoms with Gasteiger partial charge in [-0.25, -0.2) is 15.0 Å². The molecule has 7 rings (SSSR count). The van der Waals surface area contributed by atoms with Crippen LogP contribution in [-0.4, -0.2) is 117 Å². The van der Waals surface area contributed by atoms with Crippen LogP contribution in [0.4, 0.5) is 30.8 Å². The predicted octanol–water partition coefficient (Wildman–Crippen LogP) is 3.01. The van der Waals surface area contributed by atoms with Crippen molar-refractivity contribution in [3.63, 3.8) is 0 Å². The van der Waals surface area contributed by atoms with E-state index in [0.29, 0.717) is 35.6 Å². The summed E-state index contributed by atoms with van der Waals surface area (Å²) in [5.74, 6) is -2.38. The number of aryl methyl sites for hydroxylation is 4. The number of carbonyl (C=O) groups is 4. The number of ether oxygens (including phenoxy) is 2. The number of carbonyl (C=O) groups excluding carboxylic acids is 4. The molecule has 64 heavy (non-hydrogen) atoms. The Morgan fingerprint density at radius 1 is 0.891 bits per heavy atom. The quantitative estimate of drug-likeness (QED) is 0.0876. The van der Waals surface area contributed by atoms with Gasteiger partial charge in [-0.05, 0) is 52.0 Å². The van der Waals surface area contributed by atoms with E-state index >= 15 is 0 Å². The van der Waals surface area contributed by atoms with Gasteiger partial charge >= 0.3 is 6.18 Å². The number of morpholine rings is 1. The summed E-state index contributed by atoms with van der Waals surface area (Å²) in [7, 11) is 0. The van der Waals surface area contributed by atoms with Crippen molar-refractivity contribution < 1.29 is 41.8 Å². The number of fused-ring (bicyclic) bond motifs is 2. The van der Waals surface area contributed by atoms with Crippen molar-refractivity contribution in [3.8, 4) is 5.75 Å². The number of nitrogens with two attached hydrogens (primary N) is 3. The molecule has 6 heterocycles. The number of imidazole rings is 2. The summed E-state index contributed by atoms with van der Waals surface area (Å²) in [6, 6.07) is 5.92. The Balaban J connectivity index is 1.23. The third-order valence-corrected chi connectivity index (χ3v) is 10.5. The molecule has 0 bridgehead atoms. The van der Waals surface area contributed by atoms with Gasteiger partial charge in [0, 0.05) is 57.6 Å². The van der Waals surface area contributed by atoms with Gasteiger partial charge in [-0.2, -0.15) is 23.4 Å². The van der Waals surface area contributed by atoms with E-state index in [-0.39, 0.29) is 103 Å². The second-order valence-electron chi connectivity index (χ2n) is 14.8. The first kappa shape index (κ1) is 44.7. The molecule has 24 heteroatoms. The molecule has 1 fully saturated rings. The van der Waals surface area contributed by atoms with Gasteiger partial charge in [-0.15, -0.1) is 0 Å². The minimum Gasteiger partial charge on any atom is -0.490 e. The highest BCUT2D eigenvalue weighted by atomic mass is 19.4. The van der Waals surface area contributed by atoms with Gasteiger partial charge in [0.1, 0.15) is 34.8 Å². The number of halogens is 3. The van der Waals surface area contributed by atoms with Gasteiger partial charge in [0.15, 0.2) is 11.8 Å². The summed E-state index contributed by atoms with van der Waals surface area (Å²) in [5.41, 5.74) is 20.4. The SMILES string of the molecule is CCn1nc(C)cc1C(=O)Nc1nc2cc(C(N)=O)cc(OCCN3CCOC(C(F)(F)F)C3)c2n1C/C=C/Cn1c(NC(=O)c2c(N)c(C)nn2CC)nc2cc(C(N)=O)cnc21. The molecule has 4 amide bonds. The maximum absolute atomic E-state index is 13.8. The summed E-state index contributed by atoms with van der Waals surface area (Å²) >= 11 is 0. The molecule has 1 atom stereocenters. The van der Waals surface area contributed by atoms with Crippen molar-refractivity contribution in [1.82, 2.24) is 48.5 Å². The topological polar surface area (TPSA) is 276 Å². The van der Waals surface area contributed by atoms with E-state index in [1.165, 1.54) is 33.8 Å². The van der Waals surface area contributed by atoms with E-state index in [1.807, 2.05) is 13.8 Å². The van der Waals surface area contributed by atoms with Gasteiger partial charge in [0.05, 0.1) is 34.8 Å². The van der Waals surface area contributed by atoms with Gasteiger partial charge in [0.25, 0.3) is 11.8 Å². The fourth-order valence-corrected chi connectivity index (χ4v) is 7.28. The first-order valence-electron chi connectivity index (χ1n) is 20.2. The Labute approximate surface area is 362 Å². The Bertz CT molecular complexity index is 2800. The second-order valence-corrected chi connectivity index (χ2v) is 14.8. The Morgan fingerprint density at radius 2 is 1.55 bits per heavy atom.